The summed E-state index contributed by atoms with van der Waals surface area (Å²) in [6, 6.07) is 0. The van der Waals surface area contributed by atoms with Crippen LogP contribution in [0.3, 0.4) is 0 Å². The lowest BCUT2D eigenvalue weighted by Gasteiger charge is -2.39. The zero-order chi connectivity index (χ0) is 10.8. The van der Waals surface area contributed by atoms with E-state index in [1.165, 1.54) is 6.92 Å². The van der Waals surface area contributed by atoms with E-state index in [1.807, 2.05) is 0 Å². The van der Waals surface area contributed by atoms with Gasteiger partial charge in [0, 0.05) is 6.92 Å². The van der Waals surface area contributed by atoms with Crippen LogP contribution < -0.4 is 5.14 Å². The maximum atomic E-state index is 10.9. The Hall–Kier alpha value is -0.660. The van der Waals surface area contributed by atoms with E-state index >= 15 is 0 Å². The number of carbonyl (C=O) groups is 1. The Morgan fingerprint density at radius 3 is 2.43 bits per heavy atom. The average Bonchev–Trinajstić information content (AvgIpc) is 1.92. The van der Waals surface area contributed by atoms with Crippen molar-refractivity contribution in [2.75, 3.05) is 25.6 Å². The largest absolute Gasteiger partial charge is 0.465 e. The van der Waals surface area contributed by atoms with Gasteiger partial charge < -0.3 is 9.47 Å². The van der Waals surface area contributed by atoms with Crippen LogP contribution in [0.15, 0.2) is 0 Å². The first-order valence-electron chi connectivity index (χ1n) is 4.05. The topological polar surface area (TPSA) is 95.7 Å². The van der Waals surface area contributed by atoms with Gasteiger partial charge in [0.15, 0.2) is 0 Å². The van der Waals surface area contributed by atoms with Crippen molar-refractivity contribution in [3.63, 3.8) is 0 Å². The van der Waals surface area contributed by atoms with Gasteiger partial charge in [-0.15, -0.1) is 0 Å². The number of primary sulfonamides is 1. The van der Waals surface area contributed by atoms with Gasteiger partial charge in [0.05, 0.1) is 24.4 Å². The van der Waals surface area contributed by atoms with Crippen molar-refractivity contribution >= 4 is 16.0 Å². The number of nitrogens with two attached hydrogens (primary N) is 1. The van der Waals surface area contributed by atoms with E-state index in [2.05, 4.69) is 0 Å². The van der Waals surface area contributed by atoms with Gasteiger partial charge in [0.25, 0.3) is 0 Å². The normalized spacial score (nSPS) is 19.9. The first-order chi connectivity index (χ1) is 6.33. The summed E-state index contributed by atoms with van der Waals surface area (Å²) in [5.74, 6) is -0.654. The summed E-state index contributed by atoms with van der Waals surface area (Å²) in [6.07, 6.45) is 0. The average molecular weight is 223 g/mol. The molecule has 7 heteroatoms. The molecule has 1 fully saturated rings. The van der Waals surface area contributed by atoms with Crippen LogP contribution in [0.4, 0.5) is 0 Å². The van der Waals surface area contributed by atoms with Crippen molar-refractivity contribution in [3.05, 3.63) is 0 Å². The number of carbonyl (C=O) groups excluding carboxylic acids is 1. The molecule has 6 nitrogen and oxygen atoms in total. The van der Waals surface area contributed by atoms with Crippen LogP contribution >= 0.6 is 0 Å². The molecule has 2 N–H and O–H groups in total. The molecule has 0 aromatic carbocycles. The van der Waals surface area contributed by atoms with E-state index in [9.17, 15) is 13.2 Å². The van der Waals surface area contributed by atoms with E-state index in [4.69, 9.17) is 14.6 Å². The van der Waals surface area contributed by atoms with Gasteiger partial charge in [-0.2, -0.15) is 0 Å². The lowest BCUT2D eigenvalue weighted by atomic mass is 9.90. The van der Waals surface area contributed by atoms with E-state index in [1.54, 1.807) is 0 Å². The first-order valence-corrected chi connectivity index (χ1v) is 5.76. The van der Waals surface area contributed by atoms with Crippen molar-refractivity contribution < 1.29 is 22.7 Å². The molecule has 0 aliphatic carbocycles. The predicted octanol–water partition coefficient (Wildman–Crippen LogP) is -1.15. The zero-order valence-electron chi connectivity index (χ0n) is 7.86. The minimum atomic E-state index is -3.56. The molecule has 0 atom stereocenters. The third kappa shape index (κ3) is 3.24. The smallest absolute Gasteiger partial charge is 0.302 e. The number of ether oxygens (including phenoxy) is 2. The van der Waals surface area contributed by atoms with Crippen LogP contribution in [0.5, 0.6) is 0 Å². The summed E-state index contributed by atoms with van der Waals surface area (Å²) in [6.45, 7) is 1.83. The quantitative estimate of drug-likeness (QED) is 0.607. The van der Waals surface area contributed by atoms with Crippen LogP contribution in [-0.2, 0) is 24.3 Å². The monoisotopic (exact) mass is 223 g/mol. The first kappa shape index (κ1) is 11.4. The molecule has 1 aliphatic rings. The number of rotatable bonds is 4. The predicted molar refractivity (Wildman–Crippen MR) is 47.9 cm³/mol. The Balaban J connectivity index is 2.54. The van der Waals surface area contributed by atoms with Crippen LogP contribution in [-0.4, -0.2) is 40.0 Å². The maximum absolute atomic E-state index is 10.9. The second-order valence-corrected chi connectivity index (χ2v) is 5.19. The second-order valence-electron chi connectivity index (χ2n) is 3.58. The molecule has 0 spiro atoms. The van der Waals surface area contributed by atoms with Crippen LogP contribution in [0.1, 0.15) is 6.92 Å². The van der Waals surface area contributed by atoms with Gasteiger partial charge in [0.2, 0.25) is 10.0 Å². The summed E-state index contributed by atoms with van der Waals surface area (Å²) < 4.78 is 31.4. The third-order valence-corrected chi connectivity index (χ3v) is 2.92. The molecule has 0 aromatic heterocycles. The standard InChI is InChI=1S/C7H13NO5S/c1-6(9)13-4-7(2-12-3-7)5-14(8,10)11/h2-5H2,1H3,(H2,8,10,11). The Labute approximate surface area is 82.4 Å². The Bertz CT molecular complexity index is 319. The Morgan fingerprint density at radius 1 is 1.57 bits per heavy atom. The molecular formula is C7H13NO5S. The highest BCUT2D eigenvalue weighted by atomic mass is 32.2. The summed E-state index contributed by atoms with van der Waals surface area (Å²) in [5.41, 5.74) is -0.640. The summed E-state index contributed by atoms with van der Waals surface area (Å²) >= 11 is 0. The fraction of sp³-hybridized carbons (Fsp3) is 0.857. The number of hydrogen-bond donors (Lipinski definition) is 1. The van der Waals surface area contributed by atoms with Gasteiger partial charge in [-0.1, -0.05) is 0 Å². The summed E-state index contributed by atoms with van der Waals surface area (Å²) in [7, 11) is -3.56. The third-order valence-electron chi connectivity index (χ3n) is 1.91. The van der Waals surface area contributed by atoms with E-state index in [0.717, 1.165) is 0 Å². The molecule has 0 aromatic rings. The highest BCUT2D eigenvalue weighted by molar-refractivity contribution is 7.89. The maximum Gasteiger partial charge on any atom is 0.302 e. The molecule has 0 saturated carbocycles. The van der Waals surface area contributed by atoms with Gasteiger partial charge in [-0.05, 0) is 0 Å². The number of sulfonamides is 1. The molecule has 0 amide bonds. The molecule has 1 saturated heterocycles. The number of esters is 1. The fourth-order valence-electron chi connectivity index (χ4n) is 1.28. The molecular weight excluding hydrogens is 210 g/mol. The summed E-state index contributed by atoms with van der Waals surface area (Å²) in [4.78, 5) is 10.6. The zero-order valence-corrected chi connectivity index (χ0v) is 8.67. The van der Waals surface area contributed by atoms with Gasteiger partial charge in [-0.3, -0.25) is 4.79 Å². The molecule has 14 heavy (non-hydrogen) atoms. The molecule has 0 radical (unpaired) electrons. The Morgan fingerprint density at radius 2 is 2.14 bits per heavy atom. The van der Waals surface area contributed by atoms with Crippen molar-refractivity contribution in [2.45, 2.75) is 6.92 Å². The van der Waals surface area contributed by atoms with E-state index in [0.29, 0.717) is 0 Å². The molecule has 1 aliphatic heterocycles. The minimum Gasteiger partial charge on any atom is -0.465 e. The lowest BCUT2D eigenvalue weighted by molar-refractivity contribution is -0.162. The minimum absolute atomic E-state index is 0.0404. The highest BCUT2D eigenvalue weighted by Gasteiger charge is 2.43. The number of hydrogen-bond acceptors (Lipinski definition) is 5. The van der Waals surface area contributed by atoms with Gasteiger partial charge >= 0.3 is 5.97 Å². The van der Waals surface area contributed by atoms with Crippen LogP contribution in [0.25, 0.3) is 0 Å². The lowest BCUT2D eigenvalue weighted by Crippen LogP contribution is -2.52. The van der Waals surface area contributed by atoms with Crippen molar-refractivity contribution in [3.8, 4) is 0 Å². The van der Waals surface area contributed by atoms with E-state index < -0.39 is 21.4 Å². The van der Waals surface area contributed by atoms with E-state index in [-0.39, 0.29) is 25.6 Å². The SMILES string of the molecule is CC(=O)OCC1(CS(N)(=O)=O)COC1. The Kier molecular flexibility index (Phi) is 3.13. The molecule has 82 valence electrons. The van der Waals surface area contributed by atoms with Crippen molar-refractivity contribution in [1.29, 1.82) is 0 Å². The van der Waals surface area contributed by atoms with Gasteiger partial charge in [0.1, 0.15) is 6.61 Å². The second kappa shape index (κ2) is 3.84. The van der Waals surface area contributed by atoms with Crippen molar-refractivity contribution in [2.24, 2.45) is 10.6 Å². The van der Waals surface area contributed by atoms with Crippen LogP contribution in [0.2, 0.25) is 0 Å². The van der Waals surface area contributed by atoms with Gasteiger partial charge in [-0.25, -0.2) is 13.6 Å². The molecule has 0 bridgehead atoms. The fourth-order valence-corrected chi connectivity index (χ4v) is 2.38. The molecule has 1 heterocycles. The highest BCUT2D eigenvalue weighted by Crippen LogP contribution is 2.29. The summed E-state index contributed by atoms with van der Waals surface area (Å²) in [5, 5.41) is 4.91. The molecule has 1 rings (SSSR count). The van der Waals surface area contributed by atoms with Crippen LogP contribution in [0, 0.1) is 5.41 Å². The van der Waals surface area contributed by atoms with Crippen molar-refractivity contribution in [1.82, 2.24) is 0 Å². The molecule has 0 unspecified atom stereocenters.